The lowest BCUT2D eigenvalue weighted by Crippen LogP contribution is -2.34. The number of aromatic nitrogens is 1. The zero-order valence-corrected chi connectivity index (χ0v) is 11.2. The second-order valence-electron chi connectivity index (χ2n) is 4.15. The normalized spacial score (nSPS) is 21.2. The lowest BCUT2D eigenvalue weighted by molar-refractivity contribution is 0.277. The van der Waals surface area contributed by atoms with Crippen LogP contribution in [0, 0.1) is 0 Å². The van der Waals surface area contributed by atoms with Gasteiger partial charge in [0.25, 0.3) is 0 Å². The fourth-order valence-corrected chi connectivity index (χ4v) is 2.62. The second kappa shape index (κ2) is 5.64. The second-order valence-corrected chi connectivity index (χ2v) is 4.96. The Morgan fingerprint density at radius 3 is 3.19 bits per heavy atom. The maximum Gasteiger partial charge on any atom is 0.127 e. The summed E-state index contributed by atoms with van der Waals surface area (Å²) in [6.07, 6.45) is 2.63. The first-order chi connectivity index (χ1) is 7.79. The maximum absolute atomic E-state index is 4.37. The van der Waals surface area contributed by atoms with Gasteiger partial charge in [-0.1, -0.05) is 13.0 Å². The van der Waals surface area contributed by atoms with Crippen LogP contribution in [0.1, 0.15) is 19.8 Å². The van der Waals surface area contributed by atoms with Crippen molar-refractivity contribution in [2.45, 2.75) is 25.8 Å². The maximum atomic E-state index is 4.37. The van der Waals surface area contributed by atoms with Gasteiger partial charge in [0, 0.05) is 12.6 Å². The number of nitrogens with one attached hydrogen (secondary N) is 1. The molecule has 2 rings (SSSR count). The smallest absolute Gasteiger partial charge is 0.127 e. The summed E-state index contributed by atoms with van der Waals surface area (Å²) in [6.45, 7) is 5.62. The van der Waals surface area contributed by atoms with Crippen LogP contribution < -0.4 is 5.32 Å². The first kappa shape index (κ1) is 11.9. The molecule has 1 N–H and O–H groups in total. The van der Waals surface area contributed by atoms with E-state index in [9.17, 15) is 0 Å². The molecule has 0 radical (unpaired) electrons. The van der Waals surface area contributed by atoms with Gasteiger partial charge in [-0.3, -0.25) is 4.90 Å². The van der Waals surface area contributed by atoms with E-state index in [4.69, 9.17) is 0 Å². The summed E-state index contributed by atoms with van der Waals surface area (Å²) in [5.41, 5.74) is 0. The van der Waals surface area contributed by atoms with Crippen LogP contribution >= 0.6 is 15.9 Å². The van der Waals surface area contributed by atoms with Crippen LogP contribution in [0.2, 0.25) is 0 Å². The van der Waals surface area contributed by atoms with Crippen molar-refractivity contribution in [3.8, 4) is 0 Å². The van der Waals surface area contributed by atoms with E-state index in [0.717, 1.165) is 23.5 Å². The van der Waals surface area contributed by atoms with E-state index < -0.39 is 0 Å². The molecule has 1 aromatic rings. The van der Waals surface area contributed by atoms with Crippen molar-refractivity contribution in [2.75, 3.05) is 25.0 Å². The molecule has 2 heterocycles. The van der Waals surface area contributed by atoms with Crippen molar-refractivity contribution in [1.29, 1.82) is 0 Å². The zero-order chi connectivity index (χ0) is 11.4. The third-order valence-corrected chi connectivity index (χ3v) is 3.58. The Bertz CT molecular complexity index is 343. The largest absolute Gasteiger partial charge is 0.368 e. The molecular formula is C12H18BrN3. The van der Waals surface area contributed by atoms with Gasteiger partial charge in [0.1, 0.15) is 10.4 Å². The lowest BCUT2D eigenvalue weighted by Gasteiger charge is -2.23. The molecular weight excluding hydrogens is 266 g/mol. The van der Waals surface area contributed by atoms with Crippen molar-refractivity contribution in [3.63, 3.8) is 0 Å². The standard InChI is InChI=1S/C12H18BrN3/c1-2-16-8-4-5-10(16)9-14-12-7-3-6-11(13)15-12/h3,6-7,10H,2,4-5,8-9H2,1H3,(H,14,15). The van der Waals surface area contributed by atoms with Crippen LogP contribution in [0.3, 0.4) is 0 Å². The van der Waals surface area contributed by atoms with E-state index in [1.165, 1.54) is 19.4 Å². The minimum absolute atomic E-state index is 0.672. The molecule has 0 saturated carbocycles. The summed E-state index contributed by atoms with van der Waals surface area (Å²) in [6, 6.07) is 6.63. The average molecular weight is 284 g/mol. The molecule has 16 heavy (non-hydrogen) atoms. The molecule has 0 spiro atoms. The van der Waals surface area contributed by atoms with Crippen LogP contribution in [0.15, 0.2) is 22.8 Å². The summed E-state index contributed by atoms with van der Waals surface area (Å²) in [7, 11) is 0. The molecule has 0 aliphatic carbocycles. The molecule has 4 heteroatoms. The van der Waals surface area contributed by atoms with Gasteiger partial charge >= 0.3 is 0 Å². The number of hydrogen-bond donors (Lipinski definition) is 1. The number of nitrogens with zero attached hydrogens (tertiary/aromatic N) is 2. The monoisotopic (exact) mass is 283 g/mol. The van der Waals surface area contributed by atoms with Crippen molar-refractivity contribution in [3.05, 3.63) is 22.8 Å². The highest BCUT2D eigenvalue weighted by molar-refractivity contribution is 9.10. The predicted octanol–water partition coefficient (Wildman–Crippen LogP) is 2.74. The minimum Gasteiger partial charge on any atom is -0.368 e. The van der Waals surface area contributed by atoms with E-state index in [2.05, 4.69) is 38.1 Å². The molecule has 0 aromatic carbocycles. The Hall–Kier alpha value is -0.610. The Morgan fingerprint density at radius 2 is 2.44 bits per heavy atom. The Kier molecular flexibility index (Phi) is 4.18. The number of rotatable bonds is 4. The number of likely N-dealkylation sites (N-methyl/N-ethyl adjacent to an activating group) is 1. The first-order valence-electron chi connectivity index (χ1n) is 5.90. The molecule has 0 amide bonds. The van der Waals surface area contributed by atoms with Gasteiger partial charge in [0.05, 0.1) is 0 Å². The van der Waals surface area contributed by atoms with Gasteiger partial charge in [-0.15, -0.1) is 0 Å². The van der Waals surface area contributed by atoms with Crippen LogP contribution in [0.5, 0.6) is 0 Å². The highest BCUT2D eigenvalue weighted by atomic mass is 79.9. The summed E-state index contributed by atoms with van der Waals surface area (Å²) in [4.78, 5) is 6.90. The number of hydrogen-bond acceptors (Lipinski definition) is 3. The lowest BCUT2D eigenvalue weighted by atomic mass is 10.2. The molecule has 88 valence electrons. The number of anilines is 1. The Balaban J connectivity index is 1.87. The SMILES string of the molecule is CCN1CCCC1CNc1cccc(Br)n1. The van der Waals surface area contributed by atoms with E-state index in [0.29, 0.717) is 6.04 Å². The fourth-order valence-electron chi connectivity index (χ4n) is 2.27. The Labute approximate surface area is 105 Å². The molecule has 1 aliphatic heterocycles. The molecule has 1 atom stereocenters. The van der Waals surface area contributed by atoms with Gasteiger partial charge in [-0.25, -0.2) is 4.98 Å². The molecule has 3 nitrogen and oxygen atoms in total. The minimum atomic E-state index is 0.672. The highest BCUT2D eigenvalue weighted by Crippen LogP contribution is 2.17. The molecule has 1 aliphatic rings. The van der Waals surface area contributed by atoms with Crippen LogP contribution in [0.4, 0.5) is 5.82 Å². The molecule has 1 unspecified atom stereocenters. The molecule has 1 fully saturated rings. The summed E-state index contributed by atoms with van der Waals surface area (Å²) in [5, 5.41) is 3.41. The molecule has 1 aromatic heterocycles. The Morgan fingerprint density at radius 1 is 1.56 bits per heavy atom. The summed E-state index contributed by atoms with van der Waals surface area (Å²) in [5.74, 6) is 0.956. The van der Waals surface area contributed by atoms with Crippen molar-refractivity contribution < 1.29 is 0 Å². The van der Waals surface area contributed by atoms with Crippen molar-refractivity contribution in [2.24, 2.45) is 0 Å². The molecule has 0 bridgehead atoms. The van der Waals surface area contributed by atoms with Gasteiger partial charge in [0.2, 0.25) is 0 Å². The number of likely N-dealkylation sites (tertiary alicyclic amines) is 1. The van der Waals surface area contributed by atoms with Gasteiger partial charge < -0.3 is 5.32 Å². The first-order valence-corrected chi connectivity index (χ1v) is 6.69. The predicted molar refractivity (Wildman–Crippen MR) is 70.7 cm³/mol. The fraction of sp³-hybridized carbons (Fsp3) is 0.583. The van der Waals surface area contributed by atoms with E-state index >= 15 is 0 Å². The average Bonchev–Trinajstić information content (AvgIpc) is 2.74. The summed E-state index contributed by atoms with van der Waals surface area (Å²) >= 11 is 3.38. The third kappa shape index (κ3) is 2.95. The number of pyridine rings is 1. The molecule has 1 saturated heterocycles. The quantitative estimate of drug-likeness (QED) is 0.862. The van der Waals surface area contributed by atoms with Crippen molar-refractivity contribution >= 4 is 21.7 Å². The number of halogens is 1. The highest BCUT2D eigenvalue weighted by Gasteiger charge is 2.22. The van der Waals surface area contributed by atoms with E-state index in [-0.39, 0.29) is 0 Å². The van der Waals surface area contributed by atoms with Crippen LogP contribution in [0.25, 0.3) is 0 Å². The van der Waals surface area contributed by atoms with Gasteiger partial charge in [-0.2, -0.15) is 0 Å². The van der Waals surface area contributed by atoms with E-state index in [1.54, 1.807) is 0 Å². The van der Waals surface area contributed by atoms with Crippen LogP contribution in [-0.4, -0.2) is 35.6 Å². The topological polar surface area (TPSA) is 28.2 Å². The van der Waals surface area contributed by atoms with Gasteiger partial charge in [0.15, 0.2) is 0 Å². The third-order valence-electron chi connectivity index (χ3n) is 3.14. The zero-order valence-electron chi connectivity index (χ0n) is 9.62. The van der Waals surface area contributed by atoms with Crippen LogP contribution in [-0.2, 0) is 0 Å². The van der Waals surface area contributed by atoms with E-state index in [1.807, 2.05) is 18.2 Å². The summed E-state index contributed by atoms with van der Waals surface area (Å²) < 4.78 is 0.885. The van der Waals surface area contributed by atoms with Gasteiger partial charge in [-0.05, 0) is 54.0 Å². The van der Waals surface area contributed by atoms with Crippen molar-refractivity contribution in [1.82, 2.24) is 9.88 Å².